The van der Waals surface area contributed by atoms with E-state index in [0.717, 1.165) is 30.4 Å². The number of hydrogen-bond donors (Lipinski definition) is 2. The highest BCUT2D eigenvalue weighted by Gasteiger charge is 2.08. The van der Waals surface area contributed by atoms with Crippen LogP contribution in [0.15, 0.2) is 30.3 Å². The largest absolute Gasteiger partial charge is 0.379 e. The van der Waals surface area contributed by atoms with Crippen molar-refractivity contribution in [1.29, 1.82) is 0 Å². The molecule has 1 heterocycles. The fourth-order valence-electron chi connectivity index (χ4n) is 2.04. The van der Waals surface area contributed by atoms with Crippen molar-refractivity contribution in [3.63, 3.8) is 0 Å². The number of aromatic nitrogens is 1. The lowest BCUT2D eigenvalue weighted by Crippen LogP contribution is -2.25. The first-order chi connectivity index (χ1) is 9.66. The molecule has 0 unspecified atom stereocenters. The molecule has 0 atom stereocenters. The van der Waals surface area contributed by atoms with E-state index >= 15 is 0 Å². The molecular weight excluding hydrogens is 252 g/mol. The van der Waals surface area contributed by atoms with E-state index in [-0.39, 0.29) is 12.0 Å². The molecule has 2 rings (SSSR count). The predicted molar refractivity (Wildman–Crippen MR) is 81.0 cm³/mol. The number of benzene rings is 1. The Balaban J connectivity index is 1.74. The summed E-state index contributed by atoms with van der Waals surface area (Å²) in [6.45, 7) is 5.48. The molecule has 1 aromatic heterocycles. The van der Waals surface area contributed by atoms with Crippen LogP contribution in [0.2, 0.25) is 0 Å². The number of carbonyl (C=O) groups is 1. The highest BCUT2D eigenvalue weighted by molar-refractivity contribution is 5.97. The topological polar surface area (TPSA) is 54.1 Å². The Morgan fingerprint density at radius 2 is 2.10 bits per heavy atom. The maximum absolute atomic E-state index is 12.0. The zero-order chi connectivity index (χ0) is 14.4. The summed E-state index contributed by atoms with van der Waals surface area (Å²) in [7, 11) is 0. The van der Waals surface area contributed by atoms with Crippen molar-refractivity contribution in [2.24, 2.45) is 0 Å². The summed E-state index contributed by atoms with van der Waals surface area (Å²) in [5, 5.41) is 3.98. The van der Waals surface area contributed by atoms with E-state index in [9.17, 15) is 4.79 Å². The number of para-hydroxylation sites is 1. The third kappa shape index (κ3) is 4.10. The van der Waals surface area contributed by atoms with Gasteiger partial charge in [-0.3, -0.25) is 4.79 Å². The van der Waals surface area contributed by atoms with Gasteiger partial charge in [0.2, 0.25) is 0 Å². The fourth-order valence-corrected chi connectivity index (χ4v) is 2.04. The molecule has 0 saturated heterocycles. The summed E-state index contributed by atoms with van der Waals surface area (Å²) in [5.74, 6) is -0.0500. The molecule has 0 aliphatic carbocycles. The first kappa shape index (κ1) is 14.6. The molecular formula is C16H22N2O2. The molecule has 1 aromatic carbocycles. The number of rotatable bonds is 7. The maximum atomic E-state index is 12.0. The fraction of sp³-hybridized carbons (Fsp3) is 0.438. The Morgan fingerprint density at radius 3 is 2.85 bits per heavy atom. The van der Waals surface area contributed by atoms with Crippen LogP contribution < -0.4 is 5.32 Å². The summed E-state index contributed by atoms with van der Waals surface area (Å²) in [6.07, 6.45) is 2.17. The van der Waals surface area contributed by atoms with Crippen LogP contribution >= 0.6 is 0 Å². The van der Waals surface area contributed by atoms with Crippen molar-refractivity contribution in [3.05, 3.63) is 36.0 Å². The van der Waals surface area contributed by atoms with Crippen molar-refractivity contribution in [2.75, 3.05) is 13.2 Å². The Bertz CT molecular complexity index is 527. The van der Waals surface area contributed by atoms with Crippen LogP contribution in [0.5, 0.6) is 0 Å². The van der Waals surface area contributed by atoms with Gasteiger partial charge in [0.15, 0.2) is 0 Å². The van der Waals surface area contributed by atoms with Crippen molar-refractivity contribution in [2.45, 2.75) is 32.8 Å². The number of ether oxygens (including phenoxy) is 1. The second-order valence-corrected chi connectivity index (χ2v) is 5.15. The van der Waals surface area contributed by atoms with E-state index in [1.165, 1.54) is 0 Å². The van der Waals surface area contributed by atoms with Crippen molar-refractivity contribution < 1.29 is 9.53 Å². The minimum atomic E-state index is -0.0500. The minimum Gasteiger partial charge on any atom is -0.379 e. The van der Waals surface area contributed by atoms with Gasteiger partial charge in [-0.15, -0.1) is 0 Å². The molecule has 0 aliphatic rings. The number of nitrogens with one attached hydrogen (secondary N) is 2. The van der Waals surface area contributed by atoms with E-state index in [1.54, 1.807) is 0 Å². The molecule has 1 amide bonds. The Labute approximate surface area is 119 Å². The molecule has 0 spiro atoms. The zero-order valence-electron chi connectivity index (χ0n) is 12.1. The molecule has 2 aromatic rings. The molecule has 0 radical (unpaired) electrons. The SMILES string of the molecule is CC(C)OCCCCNC(=O)c1cc2ccccc2[nH]1. The second-order valence-electron chi connectivity index (χ2n) is 5.15. The number of carbonyl (C=O) groups excluding carboxylic acids is 1. The van der Waals surface area contributed by atoms with Gasteiger partial charge in [0.05, 0.1) is 6.10 Å². The van der Waals surface area contributed by atoms with Gasteiger partial charge in [-0.25, -0.2) is 0 Å². The maximum Gasteiger partial charge on any atom is 0.267 e. The molecule has 0 bridgehead atoms. The molecule has 0 aliphatic heterocycles. The van der Waals surface area contributed by atoms with Gasteiger partial charge in [-0.1, -0.05) is 18.2 Å². The molecule has 0 fully saturated rings. The summed E-state index contributed by atoms with van der Waals surface area (Å²) in [4.78, 5) is 15.1. The second kappa shape index (κ2) is 7.10. The van der Waals surface area contributed by atoms with E-state index in [2.05, 4.69) is 10.3 Å². The van der Waals surface area contributed by atoms with E-state index in [0.29, 0.717) is 12.2 Å². The lowest BCUT2D eigenvalue weighted by Gasteiger charge is -2.07. The van der Waals surface area contributed by atoms with Crippen LogP contribution in [0.3, 0.4) is 0 Å². The van der Waals surface area contributed by atoms with Crippen LogP contribution in [0.4, 0.5) is 0 Å². The molecule has 0 saturated carbocycles. The number of amides is 1. The molecule has 4 heteroatoms. The Morgan fingerprint density at radius 1 is 1.30 bits per heavy atom. The smallest absolute Gasteiger partial charge is 0.267 e. The number of aromatic amines is 1. The average Bonchev–Trinajstić information content (AvgIpc) is 2.86. The number of H-pyrrole nitrogens is 1. The number of fused-ring (bicyclic) bond motifs is 1. The van der Waals surface area contributed by atoms with Crippen LogP contribution in [-0.2, 0) is 4.74 Å². The first-order valence-corrected chi connectivity index (χ1v) is 7.14. The highest BCUT2D eigenvalue weighted by Crippen LogP contribution is 2.14. The number of hydrogen-bond acceptors (Lipinski definition) is 2. The molecule has 20 heavy (non-hydrogen) atoms. The molecule has 108 valence electrons. The summed E-state index contributed by atoms with van der Waals surface area (Å²) in [6, 6.07) is 9.76. The van der Waals surface area contributed by atoms with Gasteiger partial charge in [-0.2, -0.15) is 0 Å². The van der Waals surface area contributed by atoms with Crippen molar-refractivity contribution in [1.82, 2.24) is 10.3 Å². The Hall–Kier alpha value is -1.81. The number of unbranched alkanes of at least 4 members (excludes halogenated alkanes) is 1. The van der Waals surface area contributed by atoms with Gasteiger partial charge in [0, 0.05) is 24.1 Å². The van der Waals surface area contributed by atoms with Crippen LogP contribution in [0.1, 0.15) is 37.2 Å². The standard InChI is InChI=1S/C16H22N2O2/c1-12(2)20-10-6-5-9-17-16(19)15-11-13-7-3-4-8-14(13)18-15/h3-4,7-8,11-12,18H,5-6,9-10H2,1-2H3,(H,17,19). The summed E-state index contributed by atoms with van der Waals surface area (Å²) < 4.78 is 5.45. The lowest BCUT2D eigenvalue weighted by molar-refractivity contribution is 0.0754. The monoisotopic (exact) mass is 274 g/mol. The third-order valence-corrected chi connectivity index (χ3v) is 3.08. The summed E-state index contributed by atoms with van der Waals surface area (Å²) in [5.41, 5.74) is 1.60. The first-order valence-electron chi connectivity index (χ1n) is 7.14. The quantitative estimate of drug-likeness (QED) is 0.762. The van der Waals surface area contributed by atoms with Crippen molar-refractivity contribution >= 4 is 16.8 Å². The third-order valence-electron chi connectivity index (χ3n) is 3.08. The molecule has 4 nitrogen and oxygen atoms in total. The van der Waals surface area contributed by atoms with Crippen LogP contribution in [-0.4, -0.2) is 30.1 Å². The van der Waals surface area contributed by atoms with Gasteiger partial charge in [-0.05, 0) is 38.8 Å². The van der Waals surface area contributed by atoms with E-state index in [4.69, 9.17) is 4.74 Å². The lowest BCUT2D eigenvalue weighted by atomic mass is 10.2. The minimum absolute atomic E-state index is 0.0500. The van der Waals surface area contributed by atoms with E-state index < -0.39 is 0 Å². The van der Waals surface area contributed by atoms with Gasteiger partial charge in [0.25, 0.3) is 5.91 Å². The average molecular weight is 274 g/mol. The van der Waals surface area contributed by atoms with Crippen molar-refractivity contribution in [3.8, 4) is 0 Å². The normalized spacial score (nSPS) is 11.2. The van der Waals surface area contributed by atoms with Gasteiger partial charge < -0.3 is 15.0 Å². The summed E-state index contributed by atoms with van der Waals surface area (Å²) >= 11 is 0. The highest BCUT2D eigenvalue weighted by atomic mass is 16.5. The van der Waals surface area contributed by atoms with Gasteiger partial charge >= 0.3 is 0 Å². The van der Waals surface area contributed by atoms with Gasteiger partial charge in [0.1, 0.15) is 5.69 Å². The van der Waals surface area contributed by atoms with E-state index in [1.807, 2.05) is 44.2 Å². The molecule has 2 N–H and O–H groups in total. The zero-order valence-corrected chi connectivity index (χ0v) is 12.1. The Kier molecular flexibility index (Phi) is 5.18. The van der Waals surface area contributed by atoms with Crippen LogP contribution in [0.25, 0.3) is 10.9 Å². The van der Waals surface area contributed by atoms with Crippen LogP contribution in [0, 0.1) is 0 Å². The predicted octanol–water partition coefficient (Wildman–Crippen LogP) is 3.10.